The van der Waals surface area contributed by atoms with Crippen molar-refractivity contribution in [3.8, 4) is 0 Å². The van der Waals surface area contributed by atoms with Gasteiger partial charge >= 0.3 is 6.03 Å². The van der Waals surface area contributed by atoms with Crippen LogP contribution in [-0.4, -0.2) is 28.3 Å². The lowest BCUT2D eigenvalue weighted by atomic mass is 10.5. The normalized spacial score (nSPS) is 16.2. The van der Waals surface area contributed by atoms with Crippen LogP contribution in [0.25, 0.3) is 0 Å². The first-order chi connectivity index (χ1) is 6.70. The van der Waals surface area contributed by atoms with E-state index >= 15 is 0 Å². The number of amides is 3. The number of rotatable bonds is 2. The maximum atomic E-state index is 11.2. The Morgan fingerprint density at radius 3 is 2.86 bits per heavy atom. The van der Waals surface area contributed by atoms with Gasteiger partial charge in [-0.3, -0.25) is 19.7 Å². The average Bonchev–Trinajstić information content (AvgIpc) is 2.71. The van der Waals surface area contributed by atoms with Crippen molar-refractivity contribution in [2.45, 2.75) is 13.5 Å². The second kappa shape index (κ2) is 3.13. The molecule has 2 heterocycles. The Morgan fingerprint density at radius 1 is 1.57 bits per heavy atom. The summed E-state index contributed by atoms with van der Waals surface area (Å²) < 4.78 is 1.70. The topological polar surface area (TPSA) is 67.2 Å². The summed E-state index contributed by atoms with van der Waals surface area (Å²) in [5.41, 5.74) is 0.648. The largest absolute Gasteiger partial charge is 0.329 e. The first-order valence-electron chi connectivity index (χ1n) is 4.34. The maximum Gasteiger partial charge on any atom is 0.329 e. The van der Waals surface area contributed by atoms with Crippen molar-refractivity contribution in [2.75, 3.05) is 11.4 Å². The molecule has 6 nitrogen and oxygen atoms in total. The second-order valence-corrected chi connectivity index (χ2v) is 2.99. The van der Waals surface area contributed by atoms with Gasteiger partial charge in [-0.15, -0.1) is 0 Å². The molecule has 6 heteroatoms. The monoisotopic (exact) mass is 194 g/mol. The number of urea groups is 1. The fourth-order valence-corrected chi connectivity index (χ4v) is 1.32. The zero-order valence-electron chi connectivity index (χ0n) is 7.73. The number of carbonyl (C=O) groups is 2. The molecule has 3 amide bonds. The zero-order chi connectivity index (χ0) is 10.1. The van der Waals surface area contributed by atoms with Gasteiger partial charge in [-0.25, -0.2) is 4.79 Å². The fourth-order valence-electron chi connectivity index (χ4n) is 1.32. The lowest BCUT2D eigenvalue weighted by Crippen LogP contribution is -2.27. The van der Waals surface area contributed by atoms with E-state index in [0.29, 0.717) is 5.69 Å². The summed E-state index contributed by atoms with van der Waals surface area (Å²) in [6.07, 6.45) is 3.31. The molecule has 0 atom stereocenters. The Hall–Kier alpha value is -1.85. The first-order valence-corrected chi connectivity index (χ1v) is 4.34. The number of aromatic nitrogens is 2. The summed E-state index contributed by atoms with van der Waals surface area (Å²) in [6.45, 7) is 2.77. The van der Waals surface area contributed by atoms with Crippen molar-refractivity contribution < 1.29 is 9.59 Å². The predicted octanol–water partition coefficient (Wildman–Crippen LogP) is -0.0408. The van der Waals surface area contributed by atoms with Gasteiger partial charge in [0.05, 0.1) is 11.9 Å². The Morgan fingerprint density at radius 2 is 2.36 bits per heavy atom. The van der Waals surface area contributed by atoms with Crippen LogP contribution in [0, 0.1) is 0 Å². The average molecular weight is 194 g/mol. The molecular weight excluding hydrogens is 184 g/mol. The highest BCUT2D eigenvalue weighted by Gasteiger charge is 2.28. The molecule has 1 aromatic rings. The van der Waals surface area contributed by atoms with Crippen LogP contribution in [0.5, 0.6) is 0 Å². The smallest absolute Gasteiger partial charge is 0.282 e. The molecule has 1 aliphatic rings. The molecule has 1 fully saturated rings. The number of anilines is 1. The van der Waals surface area contributed by atoms with Crippen molar-refractivity contribution in [1.82, 2.24) is 15.1 Å². The number of carbonyl (C=O) groups excluding carboxylic acids is 2. The van der Waals surface area contributed by atoms with Gasteiger partial charge in [0.1, 0.15) is 6.54 Å². The first kappa shape index (κ1) is 8.74. The van der Waals surface area contributed by atoms with Crippen LogP contribution in [0.15, 0.2) is 12.4 Å². The molecule has 1 aromatic heterocycles. The number of hydrogen-bond donors (Lipinski definition) is 1. The number of hydrogen-bond acceptors (Lipinski definition) is 3. The molecular formula is C8H10N4O2. The Bertz CT molecular complexity index is 384. The van der Waals surface area contributed by atoms with Crippen LogP contribution < -0.4 is 10.2 Å². The van der Waals surface area contributed by atoms with E-state index in [1.54, 1.807) is 17.1 Å². The molecule has 2 rings (SSSR count). The fraction of sp³-hybridized carbons (Fsp3) is 0.375. The molecule has 0 aromatic carbocycles. The van der Waals surface area contributed by atoms with Crippen molar-refractivity contribution in [1.29, 1.82) is 0 Å². The predicted molar refractivity (Wildman–Crippen MR) is 48.8 cm³/mol. The summed E-state index contributed by atoms with van der Waals surface area (Å²) >= 11 is 0. The maximum absolute atomic E-state index is 11.2. The third-order valence-electron chi connectivity index (χ3n) is 2.05. The van der Waals surface area contributed by atoms with Crippen molar-refractivity contribution in [3.05, 3.63) is 12.4 Å². The van der Waals surface area contributed by atoms with Gasteiger partial charge in [-0.05, 0) is 6.92 Å². The minimum absolute atomic E-state index is 0.0776. The molecule has 1 saturated heterocycles. The van der Waals surface area contributed by atoms with E-state index in [-0.39, 0.29) is 18.5 Å². The molecule has 0 aliphatic carbocycles. The van der Waals surface area contributed by atoms with Crippen molar-refractivity contribution in [3.63, 3.8) is 0 Å². The van der Waals surface area contributed by atoms with Gasteiger partial charge < -0.3 is 0 Å². The molecule has 1 N–H and O–H groups in total. The van der Waals surface area contributed by atoms with Crippen LogP contribution in [0.1, 0.15) is 6.92 Å². The Labute approximate surface area is 80.5 Å². The number of nitrogens with one attached hydrogen (secondary N) is 1. The van der Waals surface area contributed by atoms with E-state index in [1.165, 1.54) is 4.90 Å². The Kier molecular flexibility index (Phi) is 1.95. The van der Waals surface area contributed by atoms with Crippen LogP contribution in [0.3, 0.4) is 0 Å². The molecule has 0 spiro atoms. The highest BCUT2D eigenvalue weighted by Crippen LogP contribution is 2.14. The molecule has 1 aliphatic heterocycles. The number of imide groups is 1. The zero-order valence-corrected chi connectivity index (χ0v) is 7.73. The van der Waals surface area contributed by atoms with Crippen LogP contribution >= 0.6 is 0 Å². The quantitative estimate of drug-likeness (QED) is 0.672. The van der Waals surface area contributed by atoms with E-state index in [4.69, 9.17) is 0 Å². The molecule has 0 saturated carbocycles. The van der Waals surface area contributed by atoms with E-state index in [0.717, 1.165) is 6.54 Å². The van der Waals surface area contributed by atoms with E-state index in [9.17, 15) is 9.59 Å². The minimum atomic E-state index is -0.384. The SMILES string of the molecule is CCn1cc(N2CC(=O)NC2=O)cn1. The van der Waals surface area contributed by atoms with Gasteiger partial charge in [0.2, 0.25) is 5.91 Å². The van der Waals surface area contributed by atoms with Gasteiger partial charge in [0.15, 0.2) is 0 Å². The standard InChI is InChI=1S/C8H10N4O2/c1-2-11-4-6(3-9-11)12-5-7(13)10-8(12)14/h3-4H,2,5H2,1H3,(H,10,13,14). The number of nitrogens with zero attached hydrogens (tertiary/aromatic N) is 3. The summed E-state index contributed by atoms with van der Waals surface area (Å²) in [4.78, 5) is 23.5. The summed E-state index contributed by atoms with van der Waals surface area (Å²) in [5.74, 6) is -0.278. The summed E-state index contributed by atoms with van der Waals surface area (Å²) in [7, 11) is 0. The van der Waals surface area contributed by atoms with Gasteiger partial charge in [-0.1, -0.05) is 0 Å². The van der Waals surface area contributed by atoms with Crippen LogP contribution in [-0.2, 0) is 11.3 Å². The highest BCUT2D eigenvalue weighted by molar-refractivity contribution is 6.12. The van der Waals surface area contributed by atoms with Gasteiger partial charge in [-0.2, -0.15) is 5.10 Å². The van der Waals surface area contributed by atoms with Crippen molar-refractivity contribution >= 4 is 17.6 Å². The molecule has 0 radical (unpaired) electrons. The Balaban J connectivity index is 2.22. The van der Waals surface area contributed by atoms with Crippen LogP contribution in [0.4, 0.5) is 10.5 Å². The third kappa shape index (κ3) is 1.34. The summed E-state index contributed by atoms with van der Waals surface area (Å²) in [6, 6.07) is -0.384. The lowest BCUT2D eigenvalue weighted by Gasteiger charge is -2.08. The molecule has 0 bridgehead atoms. The second-order valence-electron chi connectivity index (χ2n) is 2.99. The molecule has 14 heavy (non-hydrogen) atoms. The van der Waals surface area contributed by atoms with Gasteiger partial charge in [0.25, 0.3) is 0 Å². The highest BCUT2D eigenvalue weighted by atomic mass is 16.2. The lowest BCUT2D eigenvalue weighted by molar-refractivity contribution is -0.117. The third-order valence-corrected chi connectivity index (χ3v) is 2.05. The van der Waals surface area contributed by atoms with Gasteiger partial charge in [0, 0.05) is 12.7 Å². The molecule has 74 valence electrons. The van der Waals surface area contributed by atoms with Crippen molar-refractivity contribution in [2.24, 2.45) is 0 Å². The van der Waals surface area contributed by atoms with E-state index in [2.05, 4.69) is 10.4 Å². The number of aryl methyl sites for hydroxylation is 1. The molecule has 0 unspecified atom stereocenters. The summed E-state index contributed by atoms with van der Waals surface area (Å²) in [5, 5.41) is 6.23. The van der Waals surface area contributed by atoms with E-state index in [1.807, 2.05) is 6.92 Å². The van der Waals surface area contributed by atoms with E-state index < -0.39 is 0 Å². The van der Waals surface area contributed by atoms with Crippen LogP contribution in [0.2, 0.25) is 0 Å². The minimum Gasteiger partial charge on any atom is -0.282 e.